The summed E-state index contributed by atoms with van der Waals surface area (Å²) in [5.74, 6) is 0.00833. The predicted molar refractivity (Wildman–Crippen MR) is 116 cm³/mol. The average Bonchev–Trinajstić information content (AvgIpc) is 2.73. The first-order valence-corrected chi connectivity index (χ1v) is 9.95. The van der Waals surface area contributed by atoms with Crippen molar-refractivity contribution in [1.82, 2.24) is 0 Å². The number of benzene rings is 3. The molecule has 0 unspecified atom stereocenters. The van der Waals surface area contributed by atoms with Crippen LogP contribution in [0.1, 0.15) is 48.5 Å². The second kappa shape index (κ2) is 9.75. The van der Waals surface area contributed by atoms with Crippen LogP contribution < -0.4 is 5.32 Å². The van der Waals surface area contributed by atoms with Crippen LogP contribution in [0.2, 0.25) is 0 Å². The molecule has 144 valence electrons. The van der Waals surface area contributed by atoms with E-state index in [1.807, 2.05) is 24.3 Å². The molecule has 0 saturated carbocycles. The average molecular weight is 373 g/mol. The number of aromatic hydroxyl groups is 1. The van der Waals surface area contributed by atoms with Crippen molar-refractivity contribution in [3.8, 4) is 16.9 Å². The van der Waals surface area contributed by atoms with E-state index in [4.69, 9.17) is 0 Å². The van der Waals surface area contributed by atoms with E-state index >= 15 is 0 Å². The second-order valence-electron chi connectivity index (χ2n) is 7.09. The lowest BCUT2D eigenvalue weighted by molar-refractivity contribution is 0.102. The van der Waals surface area contributed by atoms with E-state index in [0.717, 1.165) is 17.5 Å². The Morgan fingerprint density at radius 2 is 1.39 bits per heavy atom. The molecule has 28 heavy (non-hydrogen) atoms. The van der Waals surface area contributed by atoms with Gasteiger partial charge in [0.25, 0.3) is 5.91 Å². The highest BCUT2D eigenvalue weighted by molar-refractivity contribution is 6.04. The fourth-order valence-corrected chi connectivity index (χ4v) is 3.18. The molecule has 0 aliphatic heterocycles. The number of phenols is 1. The summed E-state index contributed by atoms with van der Waals surface area (Å²) in [6.07, 6.45) is 6.26. The molecule has 3 nitrogen and oxygen atoms in total. The minimum absolute atomic E-state index is 0.167. The Kier molecular flexibility index (Phi) is 6.85. The van der Waals surface area contributed by atoms with E-state index in [2.05, 4.69) is 36.5 Å². The van der Waals surface area contributed by atoms with Crippen LogP contribution in [0.15, 0.2) is 72.8 Å². The number of unbranched alkanes of at least 4 members (excludes halogenated alkanes) is 3. The molecule has 0 fully saturated rings. The van der Waals surface area contributed by atoms with E-state index in [9.17, 15) is 9.90 Å². The molecule has 0 radical (unpaired) electrons. The Morgan fingerprint density at radius 3 is 2.00 bits per heavy atom. The van der Waals surface area contributed by atoms with Gasteiger partial charge >= 0.3 is 0 Å². The van der Waals surface area contributed by atoms with Gasteiger partial charge in [0.05, 0.1) is 0 Å². The van der Waals surface area contributed by atoms with E-state index in [1.54, 1.807) is 24.3 Å². The van der Waals surface area contributed by atoms with Crippen LogP contribution in [0, 0.1) is 0 Å². The lowest BCUT2D eigenvalue weighted by atomic mass is 10.00. The first-order valence-electron chi connectivity index (χ1n) is 9.95. The molecule has 0 aliphatic rings. The highest BCUT2D eigenvalue weighted by atomic mass is 16.3. The number of rotatable bonds is 8. The van der Waals surface area contributed by atoms with E-state index in [1.165, 1.54) is 31.2 Å². The number of carbonyl (C=O) groups excluding carboxylic acids is 1. The van der Waals surface area contributed by atoms with Gasteiger partial charge in [-0.2, -0.15) is 0 Å². The molecule has 2 N–H and O–H groups in total. The van der Waals surface area contributed by atoms with Gasteiger partial charge in [-0.3, -0.25) is 4.79 Å². The van der Waals surface area contributed by atoms with Gasteiger partial charge in [0.2, 0.25) is 0 Å². The van der Waals surface area contributed by atoms with Crippen molar-refractivity contribution < 1.29 is 9.90 Å². The van der Waals surface area contributed by atoms with Crippen LogP contribution in [0.4, 0.5) is 5.69 Å². The summed E-state index contributed by atoms with van der Waals surface area (Å²) < 4.78 is 0. The number of hydrogen-bond donors (Lipinski definition) is 2. The van der Waals surface area contributed by atoms with Gasteiger partial charge in [-0.15, -0.1) is 0 Å². The maximum absolute atomic E-state index is 12.4. The fraction of sp³-hybridized carbons (Fsp3) is 0.240. The van der Waals surface area contributed by atoms with Gasteiger partial charge in [-0.05, 0) is 65.9 Å². The maximum atomic E-state index is 12.4. The SMILES string of the molecule is CCCCCCc1ccc(-c2ccc(C(=O)Nc3ccc(O)cc3)cc2)cc1. The molecule has 0 aliphatic carbocycles. The van der Waals surface area contributed by atoms with Crippen molar-refractivity contribution in [3.63, 3.8) is 0 Å². The standard InChI is InChI=1S/C25H27NO2/c1-2-3-4-5-6-19-7-9-20(10-8-19)21-11-13-22(14-12-21)25(28)26-23-15-17-24(27)18-16-23/h7-18,27H,2-6H2,1H3,(H,26,28). The van der Waals surface area contributed by atoms with Crippen LogP contribution in [0.25, 0.3) is 11.1 Å². The van der Waals surface area contributed by atoms with Crippen molar-refractivity contribution in [3.05, 3.63) is 83.9 Å². The van der Waals surface area contributed by atoms with Crippen molar-refractivity contribution in [2.75, 3.05) is 5.32 Å². The lowest BCUT2D eigenvalue weighted by Crippen LogP contribution is -2.11. The van der Waals surface area contributed by atoms with Gasteiger partial charge in [-0.1, -0.05) is 62.6 Å². The molecule has 3 rings (SSSR count). The number of phenolic OH excluding ortho intramolecular Hbond substituents is 1. The van der Waals surface area contributed by atoms with E-state index < -0.39 is 0 Å². The molecule has 0 aromatic heterocycles. The summed E-state index contributed by atoms with van der Waals surface area (Å²) in [6.45, 7) is 2.23. The number of aryl methyl sites for hydroxylation is 1. The number of nitrogens with one attached hydrogen (secondary N) is 1. The zero-order valence-electron chi connectivity index (χ0n) is 16.3. The summed E-state index contributed by atoms with van der Waals surface area (Å²) in [5, 5.41) is 12.1. The Labute approximate surface area is 167 Å². The van der Waals surface area contributed by atoms with Gasteiger partial charge < -0.3 is 10.4 Å². The molecule has 3 aromatic rings. The molecular weight excluding hydrogens is 346 g/mol. The highest BCUT2D eigenvalue weighted by Crippen LogP contribution is 2.22. The van der Waals surface area contributed by atoms with Gasteiger partial charge in [0.1, 0.15) is 5.75 Å². The molecule has 0 bridgehead atoms. The summed E-state index contributed by atoms with van der Waals surface area (Å²) in [6, 6.07) is 22.8. The minimum Gasteiger partial charge on any atom is -0.508 e. The van der Waals surface area contributed by atoms with Crippen LogP contribution >= 0.6 is 0 Å². The first-order chi connectivity index (χ1) is 13.7. The van der Waals surface area contributed by atoms with Crippen molar-refractivity contribution in [1.29, 1.82) is 0 Å². The van der Waals surface area contributed by atoms with Crippen molar-refractivity contribution in [2.45, 2.75) is 39.0 Å². The molecule has 0 spiro atoms. The molecule has 0 saturated heterocycles. The summed E-state index contributed by atoms with van der Waals surface area (Å²) in [4.78, 5) is 12.4. The van der Waals surface area contributed by atoms with Crippen LogP contribution in [-0.4, -0.2) is 11.0 Å². The topological polar surface area (TPSA) is 49.3 Å². The van der Waals surface area contributed by atoms with Crippen LogP contribution in [-0.2, 0) is 6.42 Å². The summed E-state index contributed by atoms with van der Waals surface area (Å²) >= 11 is 0. The third kappa shape index (κ3) is 5.46. The Bertz CT molecular complexity index is 881. The fourth-order valence-electron chi connectivity index (χ4n) is 3.18. The van der Waals surface area contributed by atoms with E-state index in [-0.39, 0.29) is 11.7 Å². The monoisotopic (exact) mass is 373 g/mol. The molecule has 0 heterocycles. The third-order valence-corrected chi connectivity index (χ3v) is 4.88. The van der Waals surface area contributed by atoms with E-state index in [0.29, 0.717) is 11.3 Å². The molecule has 1 amide bonds. The summed E-state index contributed by atoms with van der Waals surface area (Å²) in [7, 11) is 0. The summed E-state index contributed by atoms with van der Waals surface area (Å²) in [5.41, 5.74) is 4.89. The largest absolute Gasteiger partial charge is 0.508 e. The zero-order valence-corrected chi connectivity index (χ0v) is 16.3. The quantitative estimate of drug-likeness (QED) is 0.353. The Balaban J connectivity index is 1.60. The second-order valence-corrected chi connectivity index (χ2v) is 7.09. The molecule has 0 atom stereocenters. The van der Waals surface area contributed by atoms with Gasteiger partial charge in [0, 0.05) is 11.3 Å². The minimum atomic E-state index is -0.167. The predicted octanol–water partition coefficient (Wildman–Crippen LogP) is 6.43. The Hall–Kier alpha value is -3.07. The first kappa shape index (κ1) is 19.7. The molecule has 3 aromatic carbocycles. The normalized spacial score (nSPS) is 10.6. The smallest absolute Gasteiger partial charge is 0.255 e. The van der Waals surface area contributed by atoms with Gasteiger partial charge in [0.15, 0.2) is 0 Å². The van der Waals surface area contributed by atoms with Crippen LogP contribution in [0.5, 0.6) is 5.75 Å². The highest BCUT2D eigenvalue weighted by Gasteiger charge is 2.07. The maximum Gasteiger partial charge on any atom is 0.255 e. The third-order valence-electron chi connectivity index (χ3n) is 4.88. The molecule has 3 heteroatoms. The number of anilines is 1. The van der Waals surface area contributed by atoms with Crippen molar-refractivity contribution >= 4 is 11.6 Å². The van der Waals surface area contributed by atoms with Gasteiger partial charge in [-0.25, -0.2) is 0 Å². The van der Waals surface area contributed by atoms with Crippen molar-refractivity contribution in [2.24, 2.45) is 0 Å². The Morgan fingerprint density at radius 1 is 0.786 bits per heavy atom. The number of amides is 1. The van der Waals surface area contributed by atoms with Crippen LogP contribution in [0.3, 0.4) is 0 Å². The zero-order chi connectivity index (χ0) is 19.8. The lowest BCUT2D eigenvalue weighted by Gasteiger charge is -2.08. The number of carbonyl (C=O) groups is 1. The number of hydrogen-bond acceptors (Lipinski definition) is 2. The molecular formula is C25H27NO2.